The van der Waals surface area contributed by atoms with Crippen LogP contribution in [0.1, 0.15) is 187 Å². The molecule has 0 radical (unpaired) electrons. The van der Waals surface area contributed by atoms with Crippen molar-refractivity contribution in [3.63, 3.8) is 0 Å². The van der Waals surface area contributed by atoms with Crippen molar-refractivity contribution in [1.82, 2.24) is 0 Å². The van der Waals surface area contributed by atoms with Crippen LogP contribution in [0.4, 0.5) is 0 Å². The number of allylic oxidation sites excluding steroid dienone is 6. The predicted molar refractivity (Wildman–Crippen MR) is 181 cm³/mol. The molecule has 0 spiro atoms. The van der Waals surface area contributed by atoms with Crippen LogP contribution < -0.4 is 0 Å². The number of carboxylic acids is 1. The molecule has 0 fully saturated rings. The zero-order valence-electron chi connectivity index (χ0n) is 27.8. The smallest absolute Gasteiger partial charge is 0.306 e. The van der Waals surface area contributed by atoms with Crippen LogP contribution in [0.15, 0.2) is 36.5 Å². The number of unbranched alkanes of at least 4 members (excludes halogenated alkanes) is 17. The molecule has 0 aliphatic rings. The highest BCUT2D eigenvalue weighted by Gasteiger charge is 2.14. The first-order valence-electron chi connectivity index (χ1n) is 18.0. The van der Waals surface area contributed by atoms with Crippen molar-refractivity contribution in [2.45, 2.75) is 193 Å². The van der Waals surface area contributed by atoms with Gasteiger partial charge in [-0.15, -0.1) is 0 Å². The summed E-state index contributed by atoms with van der Waals surface area (Å²) in [5.74, 6) is -0.818. The van der Waals surface area contributed by atoms with Crippen molar-refractivity contribution in [2.24, 2.45) is 0 Å². The molecule has 244 valence electrons. The molecule has 1 unspecified atom stereocenters. The number of rotatable bonds is 32. The van der Waals surface area contributed by atoms with E-state index < -0.39 is 5.97 Å². The maximum absolute atomic E-state index is 12.5. The van der Waals surface area contributed by atoms with E-state index in [2.05, 4.69) is 50.3 Å². The van der Waals surface area contributed by atoms with Gasteiger partial charge in [0.2, 0.25) is 0 Å². The van der Waals surface area contributed by atoms with Gasteiger partial charge in [-0.3, -0.25) is 9.59 Å². The molecule has 4 nitrogen and oxygen atoms in total. The molecular formula is C38H68O4. The van der Waals surface area contributed by atoms with Crippen molar-refractivity contribution >= 4 is 11.9 Å². The summed E-state index contributed by atoms with van der Waals surface area (Å²) >= 11 is 0. The average Bonchev–Trinajstić information content (AvgIpc) is 2.97. The number of aliphatic carboxylic acids is 1. The van der Waals surface area contributed by atoms with Crippen LogP contribution >= 0.6 is 0 Å². The summed E-state index contributed by atoms with van der Waals surface area (Å²) in [5, 5.41) is 8.92. The highest BCUT2D eigenvalue weighted by atomic mass is 16.5. The van der Waals surface area contributed by atoms with E-state index in [4.69, 9.17) is 9.84 Å². The molecule has 0 heterocycles. The van der Waals surface area contributed by atoms with Crippen molar-refractivity contribution in [3.05, 3.63) is 36.5 Å². The van der Waals surface area contributed by atoms with Crippen molar-refractivity contribution < 1.29 is 19.4 Å². The maximum atomic E-state index is 12.5. The number of carbonyl (C=O) groups excluding carboxylic acids is 1. The maximum Gasteiger partial charge on any atom is 0.306 e. The van der Waals surface area contributed by atoms with E-state index in [0.29, 0.717) is 12.8 Å². The fourth-order valence-electron chi connectivity index (χ4n) is 5.26. The van der Waals surface area contributed by atoms with Gasteiger partial charge in [-0.1, -0.05) is 140 Å². The molecule has 1 atom stereocenters. The summed E-state index contributed by atoms with van der Waals surface area (Å²) in [5.41, 5.74) is 0. The number of carboxylic acid groups (broad SMARTS) is 1. The number of hydrogen-bond donors (Lipinski definition) is 1. The molecule has 0 aromatic rings. The Kier molecular flexibility index (Phi) is 32.2. The van der Waals surface area contributed by atoms with Crippen LogP contribution in [0, 0.1) is 0 Å². The molecular weight excluding hydrogens is 520 g/mol. The molecule has 0 bridgehead atoms. The number of esters is 1. The third-order valence-electron chi connectivity index (χ3n) is 7.88. The highest BCUT2D eigenvalue weighted by molar-refractivity contribution is 5.69. The monoisotopic (exact) mass is 589 g/mol. The molecule has 0 aliphatic heterocycles. The van der Waals surface area contributed by atoms with Crippen LogP contribution in [0.5, 0.6) is 0 Å². The van der Waals surface area contributed by atoms with Crippen molar-refractivity contribution in [3.8, 4) is 0 Å². The zero-order chi connectivity index (χ0) is 30.8. The summed E-state index contributed by atoms with van der Waals surface area (Å²) in [6.07, 6.45) is 42.9. The topological polar surface area (TPSA) is 63.6 Å². The van der Waals surface area contributed by atoms with Gasteiger partial charge in [0.25, 0.3) is 0 Å². The van der Waals surface area contributed by atoms with Gasteiger partial charge >= 0.3 is 11.9 Å². The number of ether oxygens (including phenoxy) is 1. The minimum atomic E-state index is -0.747. The summed E-state index contributed by atoms with van der Waals surface area (Å²) in [4.78, 5) is 23.4. The van der Waals surface area contributed by atoms with E-state index in [0.717, 1.165) is 64.2 Å². The molecule has 1 N–H and O–H groups in total. The normalized spacial score (nSPS) is 12.6. The number of carbonyl (C=O) groups is 2. The molecule has 0 aromatic heterocycles. The quantitative estimate of drug-likeness (QED) is 0.0482. The Morgan fingerprint density at radius 1 is 0.548 bits per heavy atom. The highest BCUT2D eigenvalue weighted by Crippen LogP contribution is 2.18. The van der Waals surface area contributed by atoms with Gasteiger partial charge in [0.05, 0.1) is 0 Å². The Labute approximate surface area is 260 Å². The first kappa shape index (κ1) is 40.2. The summed E-state index contributed by atoms with van der Waals surface area (Å²) < 4.78 is 5.87. The van der Waals surface area contributed by atoms with Gasteiger partial charge in [0.15, 0.2) is 0 Å². The standard InChI is InChI=1S/C38H68O4/c1-3-5-7-9-11-13-15-17-18-19-21-23-25-27-29-35-38(41)42-36(33-30-31-34-37(39)40)32-28-26-24-22-20-16-14-12-10-8-6-4-2/h5,7,11,13,17-18,36H,3-4,6,8-10,12,14-16,19-35H2,1-2H3,(H,39,40)/b7-5-,13-11-,18-17-. The Hall–Kier alpha value is -1.84. The summed E-state index contributed by atoms with van der Waals surface area (Å²) in [6.45, 7) is 4.42. The van der Waals surface area contributed by atoms with Gasteiger partial charge in [-0.25, -0.2) is 0 Å². The molecule has 42 heavy (non-hydrogen) atoms. The molecule has 0 aromatic carbocycles. The van der Waals surface area contributed by atoms with Gasteiger partial charge in [0.1, 0.15) is 6.10 Å². The lowest BCUT2D eigenvalue weighted by molar-refractivity contribution is -0.150. The minimum Gasteiger partial charge on any atom is -0.481 e. The summed E-state index contributed by atoms with van der Waals surface area (Å²) in [7, 11) is 0. The van der Waals surface area contributed by atoms with E-state index >= 15 is 0 Å². The second-order valence-corrected chi connectivity index (χ2v) is 12.0. The second kappa shape index (κ2) is 33.7. The molecule has 0 saturated heterocycles. The lowest BCUT2D eigenvalue weighted by Crippen LogP contribution is -2.18. The lowest BCUT2D eigenvalue weighted by atomic mass is 10.0. The minimum absolute atomic E-state index is 0.0520. The Morgan fingerprint density at radius 3 is 1.57 bits per heavy atom. The van der Waals surface area contributed by atoms with Crippen LogP contribution in [-0.2, 0) is 14.3 Å². The first-order chi connectivity index (χ1) is 20.6. The van der Waals surface area contributed by atoms with Crippen LogP contribution in [0.2, 0.25) is 0 Å². The fraction of sp³-hybridized carbons (Fsp3) is 0.789. The molecule has 0 amide bonds. The lowest BCUT2D eigenvalue weighted by Gasteiger charge is -2.18. The second-order valence-electron chi connectivity index (χ2n) is 12.0. The first-order valence-corrected chi connectivity index (χ1v) is 18.0. The van der Waals surface area contributed by atoms with Crippen molar-refractivity contribution in [2.75, 3.05) is 0 Å². The largest absolute Gasteiger partial charge is 0.481 e. The average molecular weight is 589 g/mol. The van der Waals surface area contributed by atoms with Crippen molar-refractivity contribution in [1.29, 1.82) is 0 Å². The third kappa shape index (κ3) is 32.7. The van der Waals surface area contributed by atoms with Gasteiger partial charge < -0.3 is 9.84 Å². The third-order valence-corrected chi connectivity index (χ3v) is 7.88. The Balaban J connectivity index is 3.95. The summed E-state index contributed by atoms with van der Waals surface area (Å²) in [6, 6.07) is 0. The zero-order valence-corrected chi connectivity index (χ0v) is 27.8. The molecule has 0 rings (SSSR count). The molecule has 0 saturated carbocycles. The van der Waals surface area contributed by atoms with Gasteiger partial charge in [0, 0.05) is 12.8 Å². The Morgan fingerprint density at radius 2 is 1.00 bits per heavy atom. The van der Waals surface area contributed by atoms with E-state index in [1.54, 1.807) is 0 Å². The van der Waals surface area contributed by atoms with E-state index in [1.165, 1.54) is 89.9 Å². The van der Waals surface area contributed by atoms with E-state index in [9.17, 15) is 9.59 Å². The SMILES string of the molecule is CC/C=C\C/C=C\C/C=C\CCCCCCCC(=O)OC(CCCCCCCCCCCCCC)CCCCC(=O)O. The number of hydrogen-bond acceptors (Lipinski definition) is 3. The molecule has 0 aliphatic carbocycles. The van der Waals surface area contributed by atoms with Gasteiger partial charge in [-0.05, 0) is 70.6 Å². The van der Waals surface area contributed by atoms with Crippen LogP contribution in [-0.4, -0.2) is 23.1 Å². The van der Waals surface area contributed by atoms with Crippen LogP contribution in [0.3, 0.4) is 0 Å². The van der Waals surface area contributed by atoms with Crippen LogP contribution in [0.25, 0.3) is 0 Å². The van der Waals surface area contributed by atoms with E-state index in [-0.39, 0.29) is 18.5 Å². The predicted octanol–water partition coefficient (Wildman–Crippen LogP) is 12.2. The molecule has 4 heteroatoms. The fourth-order valence-corrected chi connectivity index (χ4v) is 5.26. The van der Waals surface area contributed by atoms with Gasteiger partial charge in [-0.2, -0.15) is 0 Å². The van der Waals surface area contributed by atoms with E-state index in [1.807, 2.05) is 0 Å². The Bertz CT molecular complexity index is 679.